The molecule has 2 rings (SSSR count). The summed E-state index contributed by atoms with van der Waals surface area (Å²) >= 11 is 5.01. The summed E-state index contributed by atoms with van der Waals surface area (Å²) < 4.78 is 1.02. The third kappa shape index (κ3) is 3.42. The molecule has 1 N–H and O–H groups in total. The molecule has 0 bridgehead atoms. The number of carbonyl (C=O) groups excluding carboxylic acids is 1. The lowest BCUT2D eigenvalue weighted by atomic mass is 10.1. The number of thiophene rings is 1. The second kappa shape index (κ2) is 6.30. The van der Waals surface area contributed by atoms with Crippen LogP contribution in [-0.2, 0) is 6.42 Å². The largest absolute Gasteiger partial charge is 0.345 e. The van der Waals surface area contributed by atoms with E-state index in [1.54, 1.807) is 12.4 Å². The molecule has 0 saturated carbocycles. The van der Waals surface area contributed by atoms with Crippen molar-refractivity contribution in [3.63, 3.8) is 0 Å². The number of nitrogens with zero attached hydrogens (tertiary/aromatic N) is 1. The molecule has 0 fully saturated rings. The second-order valence-corrected chi connectivity index (χ2v) is 6.20. The van der Waals surface area contributed by atoms with Gasteiger partial charge in [-0.1, -0.05) is 6.92 Å². The number of nitrogens with one attached hydrogen (secondary N) is 1. The molecule has 0 aliphatic rings. The number of hydrogen-bond acceptors (Lipinski definition) is 3. The minimum absolute atomic E-state index is 0.0264. The minimum Gasteiger partial charge on any atom is -0.345 e. The zero-order chi connectivity index (χ0) is 13.8. The Labute approximate surface area is 125 Å². The monoisotopic (exact) mass is 338 g/mol. The number of pyridine rings is 1. The van der Waals surface area contributed by atoms with Gasteiger partial charge in [-0.15, -0.1) is 11.3 Å². The molecule has 0 aliphatic carbocycles. The molecule has 1 atom stereocenters. The molecule has 2 aromatic rings. The van der Waals surface area contributed by atoms with Crippen molar-refractivity contribution in [1.29, 1.82) is 0 Å². The maximum Gasteiger partial charge on any atom is 0.261 e. The van der Waals surface area contributed by atoms with E-state index in [0.717, 1.165) is 21.3 Å². The van der Waals surface area contributed by atoms with Crippen molar-refractivity contribution in [2.24, 2.45) is 0 Å². The van der Waals surface area contributed by atoms with E-state index >= 15 is 0 Å². The van der Waals surface area contributed by atoms with Crippen LogP contribution in [-0.4, -0.2) is 10.9 Å². The summed E-state index contributed by atoms with van der Waals surface area (Å²) in [6.45, 7) is 4.05. The molecule has 1 amide bonds. The highest BCUT2D eigenvalue weighted by molar-refractivity contribution is 9.10. The number of aromatic nitrogens is 1. The fourth-order valence-corrected chi connectivity index (χ4v) is 3.56. The van der Waals surface area contributed by atoms with Gasteiger partial charge in [-0.05, 0) is 53.0 Å². The van der Waals surface area contributed by atoms with Gasteiger partial charge in [-0.3, -0.25) is 9.78 Å². The smallest absolute Gasteiger partial charge is 0.261 e. The van der Waals surface area contributed by atoms with Gasteiger partial charge in [0.15, 0.2) is 0 Å². The zero-order valence-corrected chi connectivity index (χ0v) is 13.2. The lowest BCUT2D eigenvalue weighted by Gasteiger charge is -2.13. The molecule has 0 aliphatic heterocycles. The van der Waals surface area contributed by atoms with Crippen molar-refractivity contribution in [2.75, 3.05) is 0 Å². The third-order valence-electron chi connectivity index (χ3n) is 2.86. The van der Waals surface area contributed by atoms with Crippen molar-refractivity contribution in [3.8, 4) is 0 Å². The molecule has 3 nitrogen and oxygen atoms in total. The van der Waals surface area contributed by atoms with Crippen molar-refractivity contribution in [1.82, 2.24) is 10.3 Å². The van der Waals surface area contributed by atoms with E-state index in [1.165, 1.54) is 16.2 Å². The van der Waals surface area contributed by atoms with Crippen LogP contribution in [0.4, 0.5) is 0 Å². The molecule has 100 valence electrons. The first-order valence-electron chi connectivity index (χ1n) is 6.10. The zero-order valence-electron chi connectivity index (χ0n) is 10.8. The Kier molecular flexibility index (Phi) is 4.71. The normalized spacial score (nSPS) is 12.2. The van der Waals surface area contributed by atoms with Gasteiger partial charge in [-0.2, -0.15) is 0 Å². The lowest BCUT2D eigenvalue weighted by molar-refractivity contribution is 0.0944. The molecular weight excluding hydrogens is 324 g/mol. The number of rotatable bonds is 4. The van der Waals surface area contributed by atoms with Crippen molar-refractivity contribution in [3.05, 3.63) is 50.4 Å². The summed E-state index contributed by atoms with van der Waals surface area (Å²) in [5.41, 5.74) is 1.05. The Morgan fingerprint density at radius 2 is 2.16 bits per heavy atom. The Hall–Kier alpha value is -1.20. The quantitative estimate of drug-likeness (QED) is 0.916. The molecular formula is C14H15BrN2OS. The molecule has 19 heavy (non-hydrogen) atoms. The summed E-state index contributed by atoms with van der Waals surface area (Å²) in [6.07, 6.45) is 4.39. The van der Waals surface area contributed by atoms with Crippen LogP contribution in [0.15, 0.2) is 35.1 Å². The van der Waals surface area contributed by atoms with Gasteiger partial charge in [0.1, 0.15) is 0 Å². The maximum absolute atomic E-state index is 12.2. The molecule has 5 heteroatoms. The first-order chi connectivity index (χ1) is 9.11. The van der Waals surface area contributed by atoms with Gasteiger partial charge in [0, 0.05) is 21.7 Å². The standard InChI is InChI=1S/C14H15BrN2OS/c1-3-12-11(15)8-13(19-12)14(18)17-9(2)10-4-6-16-7-5-10/h4-9H,3H2,1-2H3,(H,17,18)/t9-/m0/s1. The Balaban J connectivity index is 2.08. The summed E-state index contributed by atoms with van der Waals surface area (Å²) in [7, 11) is 0. The van der Waals surface area contributed by atoms with Crippen molar-refractivity contribution < 1.29 is 4.79 Å². The third-order valence-corrected chi connectivity index (χ3v) is 5.10. The van der Waals surface area contributed by atoms with Crippen molar-refractivity contribution in [2.45, 2.75) is 26.3 Å². The molecule has 0 aromatic carbocycles. The van der Waals surface area contributed by atoms with Crippen molar-refractivity contribution >= 4 is 33.2 Å². The SMILES string of the molecule is CCc1sc(C(=O)N[C@@H](C)c2ccncc2)cc1Br. The number of halogens is 1. The maximum atomic E-state index is 12.2. The van der Waals surface area contributed by atoms with Gasteiger partial charge < -0.3 is 5.32 Å². The van der Waals surface area contributed by atoms with Crippen LogP contribution >= 0.6 is 27.3 Å². The van der Waals surface area contributed by atoms with E-state index in [-0.39, 0.29) is 11.9 Å². The molecule has 0 spiro atoms. The van der Waals surface area contributed by atoms with Crippen LogP contribution in [0.2, 0.25) is 0 Å². The van der Waals surface area contributed by atoms with Gasteiger partial charge in [0.25, 0.3) is 5.91 Å². The van der Waals surface area contributed by atoms with Crippen LogP contribution in [0.3, 0.4) is 0 Å². The van der Waals surface area contributed by atoms with Gasteiger partial charge in [-0.25, -0.2) is 0 Å². The summed E-state index contributed by atoms with van der Waals surface area (Å²) in [5, 5.41) is 3.00. The Morgan fingerprint density at radius 3 is 2.74 bits per heavy atom. The highest BCUT2D eigenvalue weighted by Crippen LogP contribution is 2.28. The van der Waals surface area contributed by atoms with E-state index in [1.807, 2.05) is 25.1 Å². The number of amides is 1. The van der Waals surface area contributed by atoms with E-state index in [2.05, 4.69) is 33.2 Å². The lowest BCUT2D eigenvalue weighted by Crippen LogP contribution is -2.25. The topological polar surface area (TPSA) is 42.0 Å². The number of hydrogen-bond donors (Lipinski definition) is 1. The van der Waals surface area contributed by atoms with Gasteiger partial charge >= 0.3 is 0 Å². The highest BCUT2D eigenvalue weighted by Gasteiger charge is 2.15. The molecule has 0 unspecified atom stereocenters. The summed E-state index contributed by atoms with van der Waals surface area (Å²) in [4.78, 5) is 18.1. The van der Waals surface area contributed by atoms with Crippen LogP contribution in [0, 0.1) is 0 Å². The first-order valence-corrected chi connectivity index (χ1v) is 7.71. The van der Waals surface area contributed by atoms with Crippen LogP contribution in [0.25, 0.3) is 0 Å². The predicted molar refractivity (Wildman–Crippen MR) is 81.5 cm³/mol. The van der Waals surface area contributed by atoms with E-state index in [9.17, 15) is 4.79 Å². The molecule has 0 saturated heterocycles. The minimum atomic E-state index is -0.0327. The average molecular weight is 339 g/mol. The fraction of sp³-hybridized carbons (Fsp3) is 0.286. The van der Waals surface area contributed by atoms with Crippen LogP contribution < -0.4 is 5.32 Å². The highest BCUT2D eigenvalue weighted by atomic mass is 79.9. The fourth-order valence-electron chi connectivity index (χ4n) is 1.76. The number of aryl methyl sites for hydroxylation is 1. The molecule has 2 aromatic heterocycles. The Bertz CT molecular complexity index is 568. The number of carbonyl (C=O) groups is 1. The first kappa shape index (κ1) is 14.2. The molecule has 2 heterocycles. The Morgan fingerprint density at radius 1 is 1.47 bits per heavy atom. The molecule has 0 radical (unpaired) electrons. The van der Waals surface area contributed by atoms with Gasteiger partial charge in [0.2, 0.25) is 0 Å². The van der Waals surface area contributed by atoms with Gasteiger partial charge in [0.05, 0.1) is 10.9 Å². The van der Waals surface area contributed by atoms with E-state index in [0.29, 0.717) is 0 Å². The van der Waals surface area contributed by atoms with E-state index < -0.39 is 0 Å². The summed E-state index contributed by atoms with van der Waals surface area (Å²) in [5.74, 6) is -0.0327. The van der Waals surface area contributed by atoms with Crippen LogP contribution in [0.1, 0.15) is 40.0 Å². The predicted octanol–water partition coefficient (Wildman–Crippen LogP) is 3.96. The second-order valence-electron chi connectivity index (χ2n) is 4.21. The van der Waals surface area contributed by atoms with Crippen LogP contribution in [0.5, 0.6) is 0 Å². The average Bonchev–Trinajstić information content (AvgIpc) is 2.81. The van der Waals surface area contributed by atoms with E-state index in [4.69, 9.17) is 0 Å². The summed E-state index contributed by atoms with van der Waals surface area (Å²) in [6, 6.07) is 5.68.